The van der Waals surface area contributed by atoms with Gasteiger partial charge in [-0.3, -0.25) is 9.59 Å². The van der Waals surface area contributed by atoms with Gasteiger partial charge >= 0.3 is 5.97 Å². The lowest BCUT2D eigenvalue weighted by Crippen LogP contribution is -2.30. The molecule has 21 heavy (non-hydrogen) atoms. The van der Waals surface area contributed by atoms with E-state index in [1.165, 1.54) is 18.4 Å². The summed E-state index contributed by atoms with van der Waals surface area (Å²) < 4.78 is 8.49. The van der Waals surface area contributed by atoms with E-state index in [4.69, 9.17) is 0 Å². The molecule has 0 bridgehead atoms. The number of thiophene rings is 1. The van der Waals surface area contributed by atoms with Crippen LogP contribution in [0.1, 0.15) is 39.6 Å². The van der Waals surface area contributed by atoms with Crippen LogP contribution in [0, 0.1) is 0 Å². The van der Waals surface area contributed by atoms with Gasteiger partial charge in [0.05, 0.1) is 25.3 Å². The molecule has 112 valence electrons. The van der Waals surface area contributed by atoms with E-state index in [1.54, 1.807) is 0 Å². The first-order chi connectivity index (χ1) is 10.2. The molecule has 0 aliphatic heterocycles. The van der Waals surface area contributed by atoms with Crippen molar-refractivity contribution in [3.63, 3.8) is 0 Å². The fraction of sp³-hybridized carbons (Fsp3) is 0.385. The normalized spacial score (nSPS) is 11.9. The second kappa shape index (κ2) is 7.28. The fourth-order valence-corrected chi connectivity index (χ4v) is 3.23. The van der Waals surface area contributed by atoms with Crippen LogP contribution in [0.25, 0.3) is 0 Å². The van der Waals surface area contributed by atoms with Gasteiger partial charge in [-0.1, -0.05) is 17.5 Å². The van der Waals surface area contributed by atoms with Gasteiger partial charge in [-0.15, -0.1) is 16.4 Å². The van der Waals surface area contributed by atoms with Crippen LogP contribution in [-0.2, 0) is 16.0 Å². The summed E-state index contributed by atoms with van der Waals surface area (Å²) in [5, 5.41) is 8.68. The lowest BCUT2D eigenvalue weighted by atomic mass is 10.1. The Labute approximate surface area is 130 Å². The smallest absolute Gasteiger partial charge is 0.307 e. The summed E-state index contributed by atoms with van der Waals surface area (Å²) in [7, 11) is 1.33. The molecule has 0 spiro atoms. The number of esters is 1. The molecule has 0 aromatic carbocycles. The van der Waals surface area contributed by atoms with Crippen LogP contribution in [0.5, 0.6) is 0 Å². The number of aromatic nitrogens is 2. The largest absolute Gasteiger partial charge is 0.469 e. The minimum absolute atomic E-state index is 0.0937. The molecule has 2 aromatic rings. The van der Waals surface area contributed by atoms with Gasteiger partial charge < -0.3 is 10.1 Å². The van der Waals surface area contributed by atoms with Gasteiger partial charge in [-0.05, 0) is 29.4 Å². The Hall–Kier alpha value is -1.80. The van der Waals surface area contributed by atoms with Crippen molar-refractivity contribution in [2.45, 2.75) is 25.8 Å². The molecule has 8 heteroatoms. The van der Waals surface area contributed by atoms with Crippen molar-refractivity contribution in [1.82, 2.24) is 14.9 Å². The third kappa shape index (κ3) is 3.85. The summed E-state index contributed by atoms with van der Waals surface area (Å²) in [6.45, 7) is 1.92. The first-order valence-electron chi connectivity index (χ1n) is 6.38. The lowest BCUT2D eigenvalue weighted by molar-refractivity contribution is -0.141. The zero-order valence-electron chi connectivity index (χ0n) is 11.7. The van der Waals surface area contributed by atoms with Crippen molar-refractivity contribution in [2.75, 3.05) is 7.11 Å². The van der Waals surface area contributed by atoms with Gasteiger partial charge in [0.1, 0.15) is 4.88 Å². The predicted octanol–water partition coefficient (Wildman–Crippen LogP) is 2.20. The number of aryl methyl sites for hydroxylation is 1. The monoisotopic (exact) mass is 325 g/mol. The molecule has 1 unspecified atom stereocenters. The van der Waals surface area contributed by atoms with Gasteiger partial charge in [0, 0.05) is 4.88 Å². The Morgan fingerprint density at radius 1 is 1.48 bits per heavy atom. The second-order valence-electron chi connectivity index (χ2n) is 4.22. The summed E-state index contributed by atoms with van der Waals surface area (Å²) in [4.78, 5) is 25.2. The average molecular weight is 325 g/mol. The summed E-state index contributed by atoms with van der Waals surface area (Å²) in [6.07, 6.45) is 0.733. The van der Waals surface area contributed by atoms with Gasteiger partial charge in [-0.2, -0.15) is 0 Å². The molecule has 0 aliphatic carbocycles. The molecule has 2 aromatic heterocycles. The number of carbonyl (C=O) groups is 2. The Morgan fingerprint density at radius 2 is 2.29 bits per heavy atom. The maximum atomic E-state index is 12.3. The molecule has 0 radical (unpaired) electrons. The maximum Gasteiger partial charge on any atom is 0.307 e. The van der Waals surface area contributed by atoms with Crippen LogP contribution < -0.4 is 5.32 Å². The maximum absolute atomic E-state index is 12.3. The molecule has 1 amide bonds. The van der Waals surface area contributed by atoms with E-state index >= 15 is 0 Å². The highest BCUT2D eigenvalue weighted by atomic mass is 32.1. The number of amides is 1. The van der Waals surface area contributed by atoms with E-state index in [1.807, 2.05) is 24.4 Å². The van der Waals surface area contributed by atoms with Crippen molar-refractivity contribution >= 4 is 34.7 Å². The number of ether oxygens (including phenoxy) is 1. The molecule has 2 rings (SSSR count). The number of nitrogens with zero attached hydrogens (tertiary/aromatic N) is 2. The fourth-order valence-electron chi connectivity index (χ4n) is 1.80. The Balaban J connectivity index is 2.15. The van der Waals surface area contributed by atoms with Crippen molar-refractivity contribution in [1.29, 1.82) is 0 Å². The van der Waals surface area contributed by atoms with Crippen LogP contribution in [0.2, 0.25) is 0 Å². The Morgan fingerprint density at radius 3 is 2.90 bits per heavy atom. The molecule has 2 heterocycles. The Bertz CT molecular complexity index is 610. The molecule has 0 saturated carbocycles. The van der Waals surface area contributed by atoms with Crippen LogP contribution in [0.15, 0.2) is 17.5 Å². The summed E-state index contributed by atoms with van der Waals surface area (Å²) in [5.74, 6) is -0.629. The standard InChI is InChI=1S/C13H15N3O3S2/c1-3-8-12(21-16-15-8)13(18)14-9(7-11(17)19-2)10-5-4-6-20-10/h4-6,9H,3,7H2,1-2H3,(H,14,18). The van der Waals surface area contributed by atoms with Crippen molar-refractivity contribution in [3.8, 4) is 0 Å². The molecule has 0 fully saturated rings. The van der Waals surface area contributed by atoms with E-state index in [0.29, 0.717) is 17.0 Å². The highest BCUT2D eigenvalue weighted by molar-refractivity contribution is 7.10. The Kier molecular flexibility index (Phi) is 5.40. The van der Waals surface area contributed by atoms with Crippen LogP contribution in [0.3, 0.4) is 0 Å². The highest BCUT2D eigenvalue weighted by Crippen LogP contribution is 2.23. The third-order valence-corrected chi connectivity index (χ3v) is 4.64. The molecule has 0 aliphatic rings. The number of hydrogen-bond donors (Lipinski definition) is 1. The number of hydrogen-bond acceptors (Lipinski definition) is 7. The number of nitrogens with one attached hydrogen (secondary N) is 1. The van der Waals surface area contributed by atoms with E-state index in [2.05, 4.69) is 19.6 Å². The first-order valence-corrected chi connectivity index (χ1v) is 8.03. The third-order valence-electron chi connectivity index (χ3n) is 2.89. The van der Waals surface area contributed by atoms with E-state index in [0.717, 1.165) is 16.4 Å². The predicted molar refractivity (Wildman–Crippen MR) is 80.4 cm³/mol. The van der Waals surface area contributed by atoms with Crippen LogP contribution >= 0.6 is 22.9 Å². The molecule has 1 atom stereocenters. The SMILES string of the molecule is CCc1nnsc1C(=O)NC(CC(=O)OC)c1cccs1. The second-order valence-corrected chi connectivity index (χ2v) is 5.96. The van der Waals surface area contributed by atoms with Gasteiger partial charge in [0.2, 0.25) is 0 Å². The lowest BCUT2D eigenvalue weighted by Gasteiger charge is -2.15. The number of rotatable bonds is 6. The molecular weight excluding hydrogens is 310 g/mol. The van der Waals surface area contributed by atoms with Gasteiger partial charge in [0.15, 0.2) is 0 Å². The summed E-state index contributed by atoms with van der Waals surface area (Å²) in [6, 6.07) is 3.35. The quantitative estimate of drug-likeness (QED) is 0.823. The zero-order valence-corrected chi connectivity index (χ0v) is 13.3. The topological polar surface area (TPSA) is 81.2 Å². The minimum Gasteiger partial charge on any atom is -0.469 e. The van der Waals surface area contributed by atoms with Crippen LogP contribution in [0.4, 0.5) is 0 Å². The van der Waals surface area contributed by atoms with Crippen molar-refractivity contribution in [2.24, 2.45) is 0 Å². The van der Waals surface area contributed by atoms with Crippen molar-refractivity contribution < 1.29 is 14.3 Å². The molecular formula is C13H15N3O3S2. The summed E-state index contributed by atoms with van der Waals surface area (Å²) >= 11 is 2.54. The van der Waals surface area contributed by atoms with E-state index in [9.17, 15) is 9.59 Å². The first kappa shape index (κ1) is 15.6. The van der Waals surface area contributed by atoms with Crippen LogP contribution in [-0.4, -0.2) is 28.6 Å². The average Bonchev–Trinajstić information content (AvgIpc) is 3.16. The number of carbonyl (C=O) groups excluding carboxylic acids is 2. The van der Waals surface area contributed by atoms with Crippen molar-refractivity contribution in [3.05, 3.63) is 33.0 Å². The molecule has 6 nitrogen and oxygen atoms in total. The number of methoxy groups -OCH3 is 1. The molecule has 1 N–H and O–H groups in total. The van der Waals surface area contributed by atoms with Gasteiger partial charge in [-0.25, -0.2) is 0 Å². The molecule has 0 saturated heterocycles. The highest BCUT2D eigenvalue weighted by Gasteiger charge is 2.23. The minimum atomic E-state index is -0.406. The van der Waals surface area contributed by atoms with E-state index in [-0.39, 0.29) is 18.3 Å². The summed E-state index contributed by atoms with van der Waals surface area (Å²) in [5.41, 5.74) is 0.667. The van der Waals surface area contributed by atoms with E-state index < -0.39 is 6.04 Å². The van der Waals surface area contributed by atoms with Gasteiger partial charge in [0.25, 0.3) is 5.91 Å². The zero-order chi connectivity index (χ0) is 15.2.